The summed E-state index contributed by atoms with van der Waals surface area (Å²) in [4.78, 5) is 25.1. The van der Waals surface area contributed by atoms with Gasteiger partial charge in [-0.2, -0.15) is 0 Å². The number of hydrogen-bond acceptors (Lipinski definition) is 4. The Morgan fingerprint density at radius 2 is 1.71 bits per heavy atom. The van der Waals surface area contributed by atoms with E-state index >= 15 is 0 Å². The molecule has 1 atom stereocenters. The SMILES string of the molecule is CC[NH+](CC)Cc1ccccc1CNC(=O)[C@H](C)Sc1ccc([N+](=O)[O-])cc1. The second-order valence-corrected chi connectivity index (χ2v) is 8.05. The second-order valence-electron chi connectivity index (χ2n) is 6.63. The first-order chi connectivity index (χ1) is 13.4. The minimum absolute atomic E-state index is 0.0478. The van der Waals surface area contributed by atoms with Crippen molar-refractivity contribution in [1.29, 1.82) is 0 Å². The summed E-state index contributed by atoms with van der Waals surface area (Å²) in [5.74, 6) is -0.0478. The highest BCUT2D eigenvalue weighted by atomic mass is 32.2. The van der Waals surface area contributed by atoms with Gasteiger partial charge in [-0.25, -0.2) is 0 Å². The number of carbonyl (C=O) groups excluding carboxylic acids is 1. The van der Waals surface area contributed by atoms with Crippen molar-refractivity contribution in [3.05, 3.63) is 69.8 Å². The molecule has 0 aliphatic carbocycles. The van der Waals surface area contributed by atoms with Crippen LogP contribution in [-0.4, -0.2) is 29.2 Å². The van der Waals surface area contributed by atoms with Crippen molar-refractivity contribution in [2.45, 2.75) is 44.0 Å². The Morgan fingerprint density at radius 1 is 1.11 bits per heavy atom. The van der Waals surface area contributed by atoms with Gasteiger partial charge in [0.25, 0.3) is 5.69 Å². The van der Waals surface area contributed by atoms with Crippen LogP contribution in [0.2, 0.25) is 0 Å². The number of rotatable bonds is 10. The third kappa shape index (κ3) is 6.35. The molecule has 0 aliphatic rings. The molecule has 0 aromatic heterocycles. The molecule has 0 saturated heterocycles. The predicted octanol–water partition coefficient (Wildman–Crippen LogP) is 2.82. The van der Waals surface area contributed by atoms with Gasteiger partial charge in [-0.3, -0.25) is 14.9 Å². The Bertz CT molecular complexity index is 792. The molecule has 0 unspecified atom stereocenters. The van der Waals surface area contributed by atoms with Gasteiger partial charge in [-0.05, 0) is 38.5 Å². The van der Waals surface area contributed by atoms with E-state index in [4.69, 9.17) is 0 Å². The van der Waals surface area contributed by atoms with Crippen LogP contribution in [-0.2, 0) is 17.9 Å². The smallest absolute Gasteiger partial charge is 0.269 e. The molecule has 2 aromatic rings. The summed E-state index contributed by atoms with van der Waals surface area (Å²) in [6.07, 6.45) is 0. The van der Waals surface area contributed by atoms with E-state index in [-0.39, 0.29) is 16.8 Å². The maximum Gasteiger partial charge on any atom is 0.269 e. The van der Waals surface area contributed by atoms with Gasteiger partial charge in [-0.1, -0.05) is 24.3 Å². The van der Waals surface area contributed by atoms with E-state index in [9.17, 15) is 14.9 Å². The first-order valence-corrected chi connectivity index (χ1v) is 10.4. The number of quaternary nitrogens is 1. The van der Waals surface area contributed by atoms with E-state index in [2.05, 4.69) is 31.3 Å². The maximum atomic E-state index is 12.5. The molecule has 2 N–H and O–H groups in total. The normalized spacial score (nSPS) is 12.0. The molecule has 0 fully saturated rings. The van der Waals surface area contributed by atoms with Gasteiger partial charge in [0.05, 0.1) is 23.3 Å². The fraction of sp³-hybridized carbons (Fsp3) is 0.381. The average molecular weight is 403 g/mol. The molecule has 0 bridgehead atoms. The molecular weight excluding hydrogens is 374 g/mol. The molecule has 28 heavy (non-hydrogen) atoms. The van der Waals surface area contributed by atoms with Gasteiger partial charge in [0.1, 0.15) is 6.54 Å². The lowest BCUT2D eigenvalue weighted by atomic mass is 10.1. The van der Waals surface area contributed by atoms with Crippen LogP contribution >= 0.6 is 11.8 Å². The summed E-state index contributed by atoms with van der Waals surface area (Å²) in [5.41, 5.74) is 2.45. The molecule has 7 heteroatoms. The summed E-state index contributed by atoms with van der Waals surface area (Å²) in [6, 6.07) is 14.5. The lowest BCUT2D eigenvalue weighted by molar-refractivity contribution is -0.910. The quantitative estimate of drug-likeness (QED) is 0.364. The molecule has 6 nitrogen and oxygen atoms in total. The van der Waals surface area contributed by atoms with Crippen molar-refractivity contribution in [1.82, 2.24) is 5.32 Å². The lowest BCUT2D eigenvalue weighted by Gasteiger charge is -2.18. The highest BCUT2D eigenvalue weighted by Gasteiger charge is 2.16. The van der Waals surface area contributed by atoms with E-state index in [0.29, 0.717) is 6.54 Å². The Labute approximate surface area is 170 Å². The molecule has 0 aliphatic heterocycles. The van der Waals surface area contributed by atoms with Crippen molar-refractivity contribution in [3.63, 3.8) is 0 Å². The monoisotopic (exact) mass is 402 g/mol. The molecular formula is C21H28N3O3S+. The fourth-order valence-corrected chi connectivity index (χ4v) is 3.79. The minimum Gasteiger partial charge on any atom is -0.351 e. The summed E-state index contributed by atoms with van der Waals surface area (Å²) in [7, 11) is 0. The number of nitrogens with zero attached hydrogens (tertiary/aromatic N) is 1. The highest BCUT2D eigenvalue weighted by Crippen LogP contribution is 2.25. The summed E-state index contributed by atoms with van der Waals surface area (Å²) in [6.45, 7) is 9.79. The number of non-ortho nitro benzene ring substituents is 1. The molecule has 1 amide bonds. The van der Waals surface area contributed by atoms with Crippen molar-refractivity contribution in [2.24, 2.45) is 0 Å². The van der Waals surface area contributed by atoms with E-state index < -0.39 is 4.92 Å². The molecule has 0 heterocycles. The third-order valence-electron chi connectivity index (χ3n) is 4.74. The van der Waals surface area contributed by atoms with Crippen LogP contribution in [0.1, 0.15) is 31.9 Å². The zero-order valence-electron chi connectivity index (χ0n) is 16.6. The van der Waals surface area contributed by atoms with Crippen molar-refractivity contribution < 1.29 is 14.6 Å². The zero-order chi connectivity index (χ0) is 20.5. The van der Waals surface area contributed by atoms with Crippen molar-refractivity contribution in [2.75, 3.05) is 13.1 Å². The Morgan fingerprint density at radius 3 is 2.29 bits per heavy atom. The maximum absolute atomic E-state index is 12.5. The van der Waals surface area contributed by atoms with Gasteiger partial charge < -0.3 is 10.2 Å². The van der Waals surface area contributed by atoms with Crippen LogP contribution in [0.25, 0.3) is 0 Å². The molecule has 0 spiro atoms. The first-order valence-electron chi connectivity index (χ1n) is 9.53. The van der Waals surface area contributed by atoms with E-state index in [0.717, 1.165) is 30.1 Å². The second kappa shape index (κ2) is 10.8. The fourth-order valence-electron chi connectivity index (χ4n) is 2.90. The predicted molar refractivity (Wildman–Crippen MR) is 112 cm³/mol. The summed E-state index contributed by atoms with van der Waals surface area (Å²) >= 11 is 1.39. The lowest BCUT2D eigenvalue weighted by Crippen LogP contribution is -3.10. The van der Waals surface area contributed by atoms with E-state index in [1.165, 1.54) is 34.4 Å². The van der Waals surface area contributed by atoms with Crippen LogP contribution in [0, 0.1) is 10.1 Å². The Balaban J connectivity index is 1.93. The van der Waals surface area contributed by atoms with Crippen molar-refractivity contribution in [3.8, 4) is 0 Å². The number of nitro groups is 1. The molecule has 2 rings (SSSR count). The molecule has 0 radical (unpaired) electrons. The van der Waals surface area contributed by atoms with Gasteiger partial charge >= 0.3 is 0 Å². The molecule has 150 valence electrons. The topological polar surface area (TPSA) is 76.7 Å². The number of thioether (sulfide) groups is 1. The van der Waals surface area contributed by atoms with Crippen LogP contribution in [0.3, 0.4) is 0 Å². The van der Waals surface area contributed by atoms with Gasteiger partial charge in [0, 0.05) is 29.1 Å². The first kappa shape index (κ1) is 21.9. The number of amides is 1. The largest absolute Gasteiger partial charge is 0.351 e. The molecule has 2 aromatic carbocycles. The Kier molecular flexibility index (Phi) is 8.47. The standard InChI is InChI=1S/C21H27N3O3S/c1-4-23(5-2)15-18-9-7-6-8-17(18)14-22-21(25)16(3)28-20-12-10-19(11-13-20)24(26)27/h6-13,16H,4-5,14-15H2,1-3H3,(H,22,25)/p+1/t16-/m0/s1. The number of nitrogens with one attached hydrogen (secondary N) is 2. The van der Waals surface area contributed by atoms with Gasteiger partial charge in [0.15, 0.2) is 0 Å². The Hall–Kier alpha value is -2.38. The van der Waals surface area contributed by atoms with Gasteiger partial charge in [0.2, 0.25) is 5.91 Å². The molecule has 0 saturated carbocycles. The zero-order valence-corrected chi connectivity index (χ0v) is 17.4. The van der Waals surface area contributed by atoms with Crippen molar-refractivity contribution >= 4 is 23.4 Å². The average Bonchev–Trinajstić information content (AvgIpc) is 2.71. The summed E-state index contributed by atoms with van der Waals surface area (Å²) < 4.78 is 0. The number of nitro benzene ring substituents is 1. The van der Waals surface area contributed by atoms with Gasteiger partial charge in [-0.15, -0.1) is 11.8 Å². The van der Waals surface area contributed by atoms with E-state index in [1.54, 1.807) is 12.1 Å². The van der Waals surface area contributed by atoms with E-state index in [1.807, 2.05) is 19.1 Å². The highest BCUT2D eigenvalue weighted by molar-refractivity contribution is 8.00. The number of benzene rings is 2. The van der Waals surface area contributed by atoms with Crippen LogP contribution < -0.4 is 10.2 Å². The summed E-state index contributed by atoms with van der Waals surface area (Å²) in [5, 5.41) is 13.5. The number of carbonyl (C=O) groups is 1. The minimum atomic E-state index is -0.429. The third-order valence-corrected chi connectivity index (χ3v) is 5.85. The number of hydrogen-bond donors (Lipinski definition) is 2. The van der Waals surface area contributed by atoms with Crippen LogP contribution in [0.4, 0.5) is 5.69 Å². The van der Waals surface area contributed by atoms with Crippen LogP contribution in [0.15, 0.2) is 53.4 Å². The van der Waals surface area contributed by atoms with Crippen LogP contribution in [0.5, 0.6) is 0 Å².